The minimum absolute atomic E-state index is 0.240. The fourth-order valence-electron chi connectivity index (χ4n) is 2.37. The maximum absolute atomic E-state index is 11.2. The average molecular weight is 265 g/mol. The van der Waals surface area contributed by atoms with Gasteiger partial charge in [0.1, 0.15) is 0 Å². The van der Waals surface area contributed by atoms with E-state index in [4.69, 9.17) is 8.85 Å². The third-order valence-corrected chi connectivity index (χ3v) is 3.33. The predicted octanol–water partition coefficient (Wildman–Crippen LogP) is 3.24. The molecule has 1 aromatic carbocycles. The van der Waals surface area contributed by atoms with Crippen molar-refractivity contribution in [1.82, 2.24) is 0 Å². The van der Waals surface area contributed by atoms with Crippen LogP contribution in [0.5, 0.6) is 5.75 Å². The van der Waals surface area contributed by atoms with Crippen molar-refractivity contribution in [3.05, 3.63) is 34.4 Å². The Hall–Kier alpha value is -2.04. The summed E-state index contributed by atoms with van der Waals surface area (Å²) in [5.41, 5.74) is 0.956. The van der Waals surface area contributed by atoms with Crippen LogP contribution >= 0.6 is 0 Å². The first-order valence-electron chi connectivity index (χ1n) is 7.70. The van der Waals surface area contributed by atoms with E-state index in [0.29, 0.717) is 5.56 Å². The second-order valence-electron chi connectivity index (χ2n) is 4.49. The molecule has 0 aromatic heterocycles. The molecule has 0 bridgehead atoms. The number of piperidine rings is 1. The van der Waals surface area contributed by atoms with Crippen molar-refractivity contribution in [3.8, 4) is 5.75 Å². The second kappa shape index (κ2) is 5.73. The number of nitro groups is 1. The van der Waals surface area contributed by atoms with Crippen LogP contribution in [0.1, 0.15) is 28.9 Å². The lowest BCUT2D eigenvalue weighted by molar-refractivity contribution is -0.385. The van der Waals surface area contributed by atoms with E-state index in [9.17, 15) is 10.1 Å². The van der Waals surface area contributed by atoms with Gasteiger partial charge >= 0.3 is 5.69 Å². The Morgan fingerprint density at radius 2 is 2.21 bits per heavy atom. The van der Waals surface area contributed by atoms with E-state index in [1.807, 2.05) is 0 Å². The molecule has 0 atom stereocenters. The van der Waals surface area contributed by atoms with Crippen molar-refractivity contribution in [2.75, 3.05) is 25.0 Å². The fraction of sp³-hybridized carbons (Fsp3) is 0.429. The molecular weight excluding hydrogens is 244 g/mol. The molecule has 1 aliphatic heterocycles. The van der Waals surface area contributed by atoms with Gasteiger partial charge in [0, 0.05) is 36.5 Å². The zero-order valence-electron chi connectivity index (χ0n) is 13.6. The summed E-state index contributed by atoms with van der Waals surface area (Å²) in [5.74, 6) is -0.240. The smallest absolute Gasteiger partial charge is 0.311 e. The van der Waals surface area contributed by atoms with Gasteiger partial charge < -0.3 is 9.64 Å². The summed E-state index contributed by atoms with van der Waals surface area (Å²) in [6, 6.07) is 2.75. The monoisotopic (exact) mass is 265 g/mol. The summed E-state index contributed by atoms with van der Waals surface area (Å²) in [7, 11) is -2.74. The summed E-state index contributed by atoms with van der Waals surface area (Å²) in [6.45, 7) is 5.34. The largest absolute Gasteiger partial charge is 0.490 e. The van der Waals surface area contributed by atoms with Crippen LogP contribution in [-0.4, -0.2) is 25.1 Å². The van der Waals surface area contributed by atoms with Crippen LogP contribution in [0.4, 0.5) is 11.4 Å². The highest BCUT2D eigenvalue weighted by Gasteiger charge is 2.21. The Balaban J connectivity index is 2.50. The van der Waals surface area contributed by atoms with Crippen molar-refractivity contribution in [2.45, 2.75) is 19.3 Å². The van der Waals surface area contributed by atoms with Gasteiger partial charge in [0.15, 0.2) is 5.75 Å². The minimum Gasteiger partial charge on any atom is -0.490 e. The number of ether oxygens (including phenoxy) is 1. The zero-order chi connectivity index (χ0) is 16.3. The van der Waals surface area contributed by atoms with Gasteiger partial charge in [-0.25, -0.2) is 0 Å². The molecule has 0 amide bonds. The maximum atomic E-state index is 11.2. The highest BCUT2D eigenvalue weighted by Crippen LogP contribution is 2.36. The van der Waals surface area contributed by atoms with E-state index in [-0.39, 0.29) is 11.4 Å². The molecule has 0 aliphatic carbocycles. The molecule has 5 nitrogen and oxygen atoms in total. The van der Waals surface area contributed by atoms with Crippen LogP contribution in [0.15, 0.2) is 18.7 Å². The molecule has 1 fully saturated rings. The van der Waals surface area contributed by atoms with Gasteiger partial charge in [-0.1, -0.05) is 12.7 Å². The van der Waals surface area contributed by atoms with Crippen molar-refractivity contribution in [1.29, 1.82) is 0 Å². The van der Waals surface area contributed by atoms with Gasteiger partial charge in [-0.15, -0.1) is 0 Å². The average Bonchev–Trinajstić information content (AvgIpc) is 2.46. The predicted molar refractivity (Wildman–Crippen MR) is 75.8 cm³/mol. The standard InChI is InChI=1S/C14H18N2O3/c1-3-11-9-13(16(17)18)14(19-2)10-12(11)15-7-5-4-6-8-15/h3,9-10H,1,4-8H2,2H3/i2D3. The molecule has 1 aromatic rings. The Kier molecular flexibility index (Phi) is 2.97. The number of hydrogen-bond donors (Lipinski definition) is 0. The Morgan fingerprint density at radius 3 is 2.79 bits per heavy atom. The number of benzene rings is 1. The first-order valence-corrected chi connectivity index (χ1v) is 6.20. The van der Waals surface area contributed by atoms with Crippen molar-refractivity contribution in [2.24, 2.45) is 0 Å². The SMILES string of the molecule is [2H]C([2H])([2H])Oc1cc(N2CCCCC2)c(C=C)cc1[N+](=O)[O-]. The van der Waals surface area contributed by atoms with E-state index in [1.54, 1.807) is 0 Å². The molecule has 1 aliphatic rings. The molecule has 102 valence electrons. The number of nitro benzene ring substituents is 1. The van der Waals surface area contributed by atoms with Crippen LogP contribution in [0, 0.1) is 10.1 Å². The zero-order valence-corrected chi connectivity index (χ0v) is 10.6. The molecule has 0 saturated carbocycles. The Morgan fingerprint density at radius 1 is 1.47 bits per heavy atom. The number of nitrogens with zero attached hydrogens (tertiary/aromatic N) is 2. The van der Waals surface area contributed by atoms with E-state index >= 15 is 0 Å². The first kappa shape index (κ1) is 9.83. The van der Waals surface area contributed by atoms with E-state index < -0.39 is 12.0 Å². The molecule has 0 unspecified atom stereocenters. The van der Waals surface area contributed by atoms with Crippen LogP contribution < -0.4 is 9.64 Å². The van der Waals surface area contributed by atoms with Crippen LogP contribution in [0.2, 0.25) is 0 Å². The molecule has 0 radical (unpaired) electrons. The Bertz CT molecular complexity index is 581. The topological polar surface area (TPSA) is 55.6 Å². The first-order chi connectivity index (χ1) is 10.3. The normalized spacial score (nSPS) is 18.1. The maximum Gasteiger partial charge on any atom is 0.311 e. The molecule has 0 N–H and O–H groups in total. The van der Waals surface area contributed by atoms with Crippen molar-refractivity contribution in [3.63, 3.8) is 0 Å². The summed E-state index contributed by atoms with van der Waals surface area (Å²) in [5, 5.41) is 11.2. The highest BCUT2D eigenvalue weighted by atomic mass is 16.6. The number of hydrogen-bond acceptors (Lipinski definition) is 4. The van der Waals surface area contributed by atoms with Crippen LogP contribution in [0.25, 0.3) is 6.08 Å². The van der Waals surface area contributed by atoms with Gasteiger partial charge in [-0.05, 0) is 19.3 Å². The van der Waals surface area contributed by atoms with Crippen molar-refractivity contribution >= 4 is 17.5 Å². The number of anilines is 1. The van der Waals surface area contributed by atoms with Gasteiger partial charge in [-0.3, -0.25) is 10.1 Å². The molecular formula is C14H18N2O3. The fourth-order valence-corrected chi connectivity index (χ4v) is 2.37. The quantitative estimate of drug-likeness (QED) is 0.619. The lowest BCUT2D eigenvalue weighted by atomic mass is 10.1. The van der Waals surface area contributed by atoms with Gasteiger partial charge in [0.05, 0.1) is 16.1 Å². The van der Waals surface area contributed by atoms with Crippen LogP contribution in [0.3, 0.4) is 0 Å². The van der Waals surface area contributed by atoms with E-state index in [1.165, 1.54) is 18.2 Å². The number of rotatable bonds is 4. The molecule has 1 heterocycles. The number of methoxy groups -OCH3 is 1. The van der Waals surface area contributed by atoms with E-state index in [2.05, 4.69) is 11.5 Å². The summed E-state index contributed by atoms with van der Waals surface area (Å²) in [6.07, 6.45) is 4.74. The highest BCUT2D eigenvalue weighted by molar-refractivity contribution is 5.73. The third kappa shape index (κ3) is 2.70. The molecule has 19 heavy (non-hydrogen) atoms. The van der Waals surface area contributed by atoms with Crippen LogP contribution in [-0.2, 0) is 0 Å². The minimum atomic E-state index is -2.74. The lowest BCUT2D eigenvalue weighted by Gasteiger charge is -2.30. The molecule has 5 heteroatoms. The molecule has 2 rings (SSSR count). The molecule has 0 spiro atoms. The lowest BCUT2D eigenvalue weighted by Crippen LogP contribution is -2.30. The third-order valence-electron chi connectivity index (χ3n) is 3.33. The summed E-state index contributed by atoms with van der Waals surface area (Å²) >= 11 is 0. The van der Waals surface area contributed by atoms with Crippen molar-refractivity contribution < 1.29 is 13.8 Å². The van der Waals surface area contributed by atoms with Gasteiger partial charge in [-0.2, -0.15) is 0 Å². The Labute approximate surface area is 116 Å². The molecule has 1 saturated heterocycles. The summed E-state index contributed by atoms with van der Waals surface area (Å²) in [4.78, 5) is 12.6. The van der Waals surface area contributed by atoms with E-state index in [0.717, 1.165) is 38.0 Å². The van der Waals surface area contributed by atoms with Gasteiger partial charge in [0.2, 0.25) is 0 Å². The summed E-state index contributed by atoms with van der Waals surface area (Å²) < 4.78 is 26.3. The second-order valence-corrected chi connectivity index (χ2v) is 4.49. The van der Waals surface area contributed by atoms with Gasteiger partial charge in [0.25, 0.3) is 0 Å².